The number of aliphatic carboxylic acids is 1. The summed E-state index contributed by atoms with van der Waals surface area (Å²) in [6.45, 7) is 3.94. The van der Waals surface area contributed by atoms with E-state index in [9.17, 15) is 19.5 Å². The molecule has 2 aromatic carbocycles. The minimum absolute atomic E-state index is 0.0506. The van der Waals surface area contributed by atoms with Gasteiger partial charge in [0.2, 0.25) is 0 Å². The van der Waals surface area contributed by atoms with Crippen molar-refractivity contribution >= 4 is 23.7 Å². The van der Waals surface area contributed by atoms with Crippen LogP contribution in [-0.4, -0.2) is 40.7 Å². The number of benzene rings is 2. The molecule has 0 unspecified atom stereocenters. The standard InChI is InChI=1S/C27H27N3O5/c1-16(2)13-24(26(32)33)30-25(31)23-12-11-17(14-28-23)29-27(34)35-15-22-20-9-5-3-7-18(20)19-8-4-6-10-21(19)22/h3-12,14,16,22,24H,13,15H2,1-2H3,(H,29,34)(H,30,31)(H,32,33)/t24-/m0/s1. The molecule has 0 radical (unpaired) electrons. The lowest BCUT2D eigenvalue weighted by Gasteiger charge is -2.16. The topological polar surface area (TPSA) is 118 Å². The van der Waals surface area contributed by atoms with Crippen molar-refractivity contribution in [1.82, 2.24) is 10.3 Å². The third-order valence-corrected chi connectivity index (χ3v) is 5.90. The summed E-state index contributed by atoms with van der Waals surface area (Å²) in [5, 5.41) is 14.4. The van der Waals surface area contributed by atoms with Gasteiger partial charge in [0, 0.05) is 5.92 Å². The summed E-state index contributed by atoms with van der Waals surface area (Å²) in [6, 6.07) is 18.1. The van der Waals surface area contributed by atoms with E-state index in [2.05, 4.69) is 27.8 Å². The molecule has 0 saturated carbocycles. The van der Waals surface area contributed by atoms with E-state index in [-0.39, 0.29) is 24.1 Å². The number of aromatic nitrogens is 1. The predicted molar refractivity (Wildman–Crippen MR) is 131 cm³/mol. The number of nitrogens with one attached hydrogen (secondary N) is 2. The highest BCUT2D eigenvalue weighted by molar-refractivity contribution is 5.95. The summed E-state index contributed by atoms with van der Waals surface area (Å²) >= 11 is 0. The molecule has 3 N–H and O–H groups in total. The molecule has 1 atom stereocenters. The maximum absolute atomic E-state index is 12.4. The fourth-order valence-electron chi connectivity index (χ4n) is 4.28. The lowest BCUT2D eigenvalue weighted by molar-refractivity contribution is -0.139. The SMILES string of the molecule is CC(C)C[C@H](NC(=O)c1ccc(NC(=O)OCC2c3ccccc3-c3ccccc32)cn1)C(=O)O. The molecule has 1 heterocycles. The fraction of sp³-hybridized carbons (Fsp3) is 0.259. The number of ether oxygens (including phenoxy) is 1. The maximum Gasteiger partial charge on any atom is 0.411 e. The highest BCUT2D eigenvalue weighted by Crippen LogP contribution is 2.44. The molecular formula is C27H27N3O5. The molecule has 8 nitrogen and oxygen atoms in total. The molecule has 1 aliphatic carbocycles. The van der Waals surface area contributed by atoms with E-state index < -0.39 is 24.0 Å². The van der Waals surface area contributed by atoms with Crippen LogP contribution < -0.4 is 10.6 Å². The largest absolute Gasteiger partial charge is 0.480 e. The van der Waals surface area contributed by atoms with Crippen LogP contribution in [0.15, 0.2) is 66.9 Å². The van der Waals surface area contributed by atoms with Crippen LogP contribution in [-0.2, 0) is 9.53 Å². The Hall–Kier alpha value is -4.20. The number of carboxylic acid groups (broad SMARTS) is 1. The first-order chi connectivity index (χ1) is 16.8. The molecule has 2 amide bonds. The Kier molecular flexibility index (Phi) is 7.10. The minimum atomic E-state index is -1.10. The maximum atomic E-state index is 12.4. The third-order valence-electron chi connectivity index (χ3n) is 5.90. The first-order valence-corrected chi connectivity index (χ1v) is 11.4. The number of hydrogen-bond acceptors (Lipinski definition) is 5. The van der Waals surface area contributed by atoms with Crippen molar-refractivity contribution in [2.45, 2.75) is 32.2 Å². The number of pyridine rings is 1. The van der Waals surface area contributed by atoms with Gasteiger partial charge >= 0.3 is 12.1 Å². The molecule has 0 aliphatic heterocycles. The molecule has 0 bridgehead atoms. The molecule has 0 fully saturated rings. The number of carbonyl (C=O) groups excluding carboxylic acids is 2. The average Bonchev–Trinajstić information content (AvgIpc) is 3.16. The van der Waals surface area contributed by atoms with E-state index in [0.29, 0.717) is 12.1 Å². The zero-order valence-electron chi connectivity index (χ0n) is 19.5. The predicted octanol–water partition coefficient (Wildman–Crippen LogP) is 4.67. The van der Waals surface area contributed by atoms with Crippen LogP contribution in [0.4, 0.5) is 10.5 Å². The average molecular weight is 474 g/mol. The first kappa shape index (κ1) is 23.9. The summed E-state index contributed by atoms with van der Waals surface area (Å²) in [6.07, 6.45) is 1.01. The highest BCUT2D eigenvalue weighted by Gasteiger charge is 2.29. The van der Waals surface area contributed by atoms with Crippen LogP contribution in [0.1, 0.15) is 47.8 Å². The Morgan fingerprint density at radius 2 is 1.60 bits per heavy atom. The molecule has 4 rings (SSSR count). The third kappa shape index (κ3) is 5.48. The van der Waals surface area contributed by atoms with Gasteiger partial charge in [0.05, 0.1) is 11.9 Å². The van der Waals surface area contributed by atoms with Crippen molar-refractivity contribution in [3.8, 4) is 11.1 Å². The molecule has 3 aromatic rings. The number of rotatable bonds is 8. The number of carboxylic acids is 1. The number of anilines is 1. The van der Waals surface area contributed by atoms with Crippen molar-refractivity contribution in [2.24, 2.45) is 5.92 Å². The molecular weight excluding hydrogens is 446 g/mol. The monoisotopic (exact) mass is 473 g/mol. The number of nitrogens with zero attached hydrogens (tertiary/aromatic N) is 1. The Morgan fingerprint density at radius 1 is 0.971 bits per heavy atom. The van der Waals surface area contributed by atoms with Crippen LogP contribution >= 0.6 is 0 Å². The zero-order chi connectivity index (χ0) is 24.9. The van der Waals surface area contributed by atoms with Crippen LogP contribution in [0.5, 0.6) is 0 Å². The van der Waals surface area contributed by atoms with Gasteiger partial charge in [-0.2, -0.15) is 0 Å². The number of fused-ring (bicyclic) bond motifs is 3. The van der Waals surface area contributed by atoms with Gasteiger partial charge in [-0.3, -0.25) is 10.1 Å². The van der Waals surface area contributed by atoms with Crippen LogP contribution in [0.3, 0.4) is 0 Å². The van der Waals surface area contributed by atoms with Gasteiger partial charge in [-0.1, -0.05) is 62.4 Å². The molecule has 1 aliphatic rings. The van der Waals surface area contributed by atoms with E-state index >= 15 is 0 Å². The molecule has 180 valence electrons. The van der Waals surface area contributed by atoms with Gasteiger partial charge in [-0.05, 0) is 46.7 Å². The smallest absolute Gasteiger partial charge is 0.411 e. The minimum Gasteiger partial charge on any atom is -0.480 e. The van der Waals surface area contributed by atoms with Crippen LogP contribution in [0.25, 0.3) is 11.1 Å². The van der Waals surface area contributed by atoms with Crippen molar-refractivity contribution in [3.63, 3.8) is 0 Å². The van der Waals surface area contributed by atoms with Gasteiger partial charge in [-0.25, -0.2) is 14.6 Å². The van der Waals surface area contributed by atoms with Gasteiger partial charge in [-0.15, -0.1) is 0 Å². The van der Waals surface area contributed by atoms with E-state index in [1.165, 1.54) is 18.3 Å². The normalized spacial score (nSPS) is 13.0. The Balaban J connectivity index is 1.35. The number of amides is 2. The second kappa shape index (κ2) is 10.4. The quantitative estimate of drug-likeness (QED) is 0.438. The highest BCUT2D eigenvalue weighted by atomic mass is 16.5. The Bertz CT molecular complexity index is 1190. The van der Waals surface area contributed by atoms with E-state index in [1.54, 1.807) is 0 Å². The summed E-state index contributed by atoms with van der Waals surface area (Å²) in [5.41, 5.74) is 4.95. The lowest BCUT2D eigenvalue weighted by atomic mass is 9.98. The van der Waals surface area contributed by atoms with Gasteiger partial charge in [0.15, 0.2) is 0 Å². The van der Waals surface area contributed by atoms with Gasteiger partial charge < -0.3 is 15.2 Å². The second-order valence-electron chi connectivity index (χ2n) is 8.88. The number of hydrogen-bond donors (Lipinski definition) is 3. The van der Waals surface area contributed by atoms with E-state index in [1.807, 2.05) is 50.2 Å². The summed E-state index contributed by atoms with van der Waals surface area (Å²) in [7, 11) is 0. The summed E-state index contributed by atoms with van der Waals surface area (Å²) in [5.74, 6) is -1.63. The number of carbonyl (C=O) groups is 3. The van der Waals surface area contributed by atoms with Crippen molar-refractivity contribution in [3.05, 3.63) is 83.7 Å². The van der Waals surface area contributed by atoms with Crippen molar-refractivity contribution in [1.29, 1.82) is 0 Å². The summed E-state index contributed by atoms with van der Waals surface area (Å²) in [4.78, 5) is 40.2. The lowest BCUT2D eigenvalue weighted by Crippen LogP contribution is -2.41. The van der Waals surface area contributed by atoms with Gasteiger partial charge in [0.1, 0.15) is 18.3 Å². The fourth-order valence-corrected chi connectivity index (χ4v) is 4.28. The summed E-state index contributed by atoms with van der Waals surface area (Å²) < 4.78 is 5.51. The van der Waals surface area contributed by atoms with Crippen LogP contribution in [0, 0.1) is 5.92 Å². The zero-order valence-corrected chi connectivity index (χ0v) is 19.5. The Labute approximate surface area is 203 Å². The first-order valence-electron chi connectivity index (χ1n) is 11.4. The second-order valence-corrected chi connectivity index (χ2v) is 8.88. The molecule has 0 saturated heterocycles. The van der Waals surface area contributed by atoms with Crippen LogP contribution in [0.2, 0.25) is 0 Å². The molecule has 1 aromatic heterocycles. The molecule has 35 heavy (non-hydrogen) atoms. The van der Waals surface area contributed by atoms with E-state index in [0.717, 1.165) is 22.3 Å². The molecule has 0 spiro atoms. The van der Waals surface area contributed by atoms with Gasteiger partial charge in [0.25, 0.3) is 5.91 Å². The van der Waals surface area contributed by atoms with E-state index in [4.69, 9.17) is 4.74 Å². The van der Waals surface area contributed by atoms with Crippen molar-refractivity contribution in [2.75, 3.05) is 11.9 Å². The Morgan fingerprint density at radius 3 is 2.14 bits per heavy atom. The molecule has 8 heteroatoms. The van der Waals surface area contributed by atoms with Crippen molar-refractivity contribution < 1.29 is 24.2 Å².